The van der Waals surface area contributed by atoms with Crippen LogP contribution in [-0.2, 0) is 9.47 Å². The van der Waals surface area contributed by atoms with Crippen molar-refractivity contribution in [2.24, 2.45) is 0 Å². The van der Waals surface area contributed by atoms with Gasteiger partial charge in [0.25, 0.3) is 5.91 Å². The van der Waals surface area contributed by atoms with E-state index in [1.54, 1.807) is 17.0 Å². The first-order valence-corrected chi connectivity index (χ1v) is 10.2. The third-order valence-corrected chi connectivity index (χ3v) is 5.10. The van der Waals surface area contributed by atoms with E-state index in [0.717, 1.165) is 6.42 Å². The van der Waals surface area contributed by atoms with Gasteiger partial charge in [-0.2, -0.15) is 0 Å². The number of ether oxygens (including phenoxy) is 2. The molecule has 0 bridgehead atoms. The number of halogens is 2. The lowest BCUT2D eigenvalue weighted by molar-refractivity contribution is -0.0109. The second-order valence-corrected chi connectivity index (χ2v) is 8.64. The summed E-state index contributed by atoms with van der Waals surface area (Å²) in [5.41, 5.74) is -0.168. The molecule has 0 unspecified atom stereocenters. The summed E-state index contributed by atoms with van der Waals surface area (Å²) in [7, 11) is 0. The van der Waals surface area contributed by atoms with Crippen molar-refractivity contribution in [3.05, 3.63) is 33.8 Å². The molecule has 2 rings (SSSR count). The van der Waals surface area contributed by atoms with E-state index >= 15 is 0 Å². The molecule has 2 amide bonds. The van der Waals surface area contributed by atoms with Crippen LogP contribution in [0.5, 0.6) is 0 Å². The first kappa shape index (κ1) is 22.8. The number of benzene rings is 1. The zero-order valence-corrected chi connectivity index (χ0v) is 18.3. The van der Waals surface area contributed by atoms with Crippen molar-refractivity contribution in [3.8, 4) is 0 Å². The SMILES string of the molecule is CCOC[C@@H]1CC[C@@H](NC(=O)c2ccc(Cl)c(Cl)c2)CN1C(=O)OC(C)(C)C. The molecule has 1 saturated heterocycles. The van der Waals surface area contributed by atoms with Gasteiger partial charge in [0.1, 0.15) is 5.60 Å². The molecule has 0 saturated carbocycles. The number of carbonyl (C=O) groups is 2. The number of hydrogen-bond donors (Lipinski definition) is 1. The molecule has 0 radical (unpaired) electrons. The van der Waals surface area contributed by atoms with E-state index < -0.39 is 11.7 Å². The summed E-state index contributed by atoms with van der Waals surface area (Å²) in [6.45, 7) is 8.79. The second-order valence-electron chi connectivity index (χ2n) is 7.82. The number of likely N-dealkylation sites (tertiary alicyclic amines) is 1. The fraction of sp³-hybridized carbons (Fsp3) is 0.600. The molecule has 2 atom stereocenters. The average molecular weight is 431 g/mol. The van der Waals surface area contributed by atoms with Crippen LogP contribution in [0, 0.1) is 0 Å². The van der Waals surface area contributed by atoms with E-state index in [-0.39, 0.29) is 18.0 Å². The molecule has 6 nitrogen and oxygen atoms in total. The maximum Gasteiger partial charge on any atom is 0.410 e. The summed E-state index contributed by atoms with van der Waals surface area (Å²) in [5, 5.41) is 3.69. The fourth-order valence-corrected chi connectivity index (χ4v) is 3.32. The molecule has 1 aromatic carbocycles. The number of nitrogens with one attached hydrogen (secondary N) is 1. The van der Waals surface area contributed by atoms with Gasteiger partial charge in [0, 0.05) is 24.8 Å². The average Bonchev–Trinajstić information content (AvgIpc) is 2.61. The predicted octanol–water partition coefficient (Wildman–Crippen LogP) is 4.53. The maximum atomic E-state index is 12.7. The minimum absolute atomic E-state index is 0.0760. The quantitative estimate of drug-likeness (QED) is 0.744. The second kappa shape index (κ2) is 9.81. The molecule has 28 heavy (non-hydrogen) atoms. The lowest BCUT2D eigenvalue weighted by atomic mass is 9.98. The number of rotatable bonds is 5. The van der Waals surface area contributed by atoms with Crippen molar-refractivity contribution in [1.82, 2.24) is 10.2 Å². The van der Waals surface area contributed by atoms with Crippen LogP contribution in [0.1, 0.15) is 50.9 Å². The van der Waals surface area contributed by atoms with E-state index in [1.165, 1.54) is 6.07 Å². The minimum atomic E-state index is -0.594. The summed E-state index contributed by atoms with van der Waals surface area (Å²) < 4.78 is 11.1. The summed E-state index contributed by atoms with van der Waals surface area (Å²) in [6, 6.07) is 4.48. The molecule has 1 aliphatic heterocycles. The Hall–Kier alpha value is -1.50. The normalized spacial score (nSPS) is 20.0. The summed E-state index contributed by atoms with van der Waals surface area (Å²) in [5.74, 6) is -0.254. The highest BCUT2D eigenvalue weighted by molar-refractivity contribution is 6.42. The van der Waals surface area contributed by atoms with Crippen molar-refractivity contribution in [2.75, 3.05) is 19.8 Å². The highest BCUT2D eigenvalue weighted by Crippen LogP contribution is 2.24. The topological polar surface area (TPSA) is 67.9 Å². The van der Waals surface area contributed by atoms with Crippen LogP contribution < -0.4 is 5.32 Å². The summed E-state index contributed by atoms with van der Waals surface area (Å²) in [6.07, 6.45) is 1.06. The standard InChI is InChI=1S/C20H28Cl2N2O4/c1-5-27-12-15-8-7-14(11-24(15)19(26)28-20(2,3)4)23-18(25)13-6-9-16(21)17(22)10-13/h6,9-10,14-15H,5,7-8,11-12H2,1-4H3,(H,23,25)/t14-,15+/m1/s1. The van der Waals surface area contributed by atoms with Crippen molar-refractivity contribution in [2.45, 2.75) is 58.2 Å². The van der Waals surface area contributed by atoms with Crippen molar-refractivity contribution >= 4 is 35.2 Å². The summed E-state index contributed by atoms with van der Waals surface area (Å²) in [4.78, 5) is 26.9. The number of amides is 2. The zero-order chi connectivity index (χ0) is 20.9. The number of hydrogen-bond acceptors (Lipinski definition) is 4. The van der Waals surface area contributed by atoms with Crippen LogP contribution in [0.2, 0.25) is 10.0 Å². The molecule has 0 aliphatic carbocycles. The molecule has 0 spiro atoms. The Bertz CT molecular complexity index is 706. The molecule has 1 heterocycles. The zero-order valence-electron chi connectivity index (χ0n) is 16.8. The van der Waals surface area contributed by atoms with Crippen LogP contribution in [0.15, 0.2) is 18.2 Å². The molecule has 1 fully saturated rings. The highest BCUT2D eigenvalue weighted by Gasteiger charge is 2.35. The molecule has 1 aliphatic rings. The molecule has 1 N–H and O–H groups in total. The lowest BCUT2D eigenvalue weighted by Gasteiger charge is -2.40. The van der Waals surface area contributed by atoms with E-state index in [2.05, 4.69) is 5.32 Å². The summed E-state index contributed by atoms with van der Waals surface area (Å²) >= 11 is 11.9. The Labute approximate surface area is 176 Å². The Kier molecular flexibility index (Phi) is 7.98. The number of nitrogens with zero attached hydrogens (tertiary/aromatic N) is 1. The monoisotopic (exact) mass is 430 g/mol. The van der Waals surface area contributed by atoms with Crippen molar-refractivity contribution < 1.29 is 19.1 Å². The van der Waals surface area contributed by atoms with Gasteiger partial charge >= 0.3 is 6.09 Å². The van der Waals surface area contributed by atoms with Gasteiger partial charge in [0.05, 0.1) is 22.7 Å². The Balaban J connectivity index is 2.06. The maximum absolute atomic E-state index is 12.7. The fourth-order valence-electron chi connectivity index (χ4n) is 3.02. The van der Waals surface area contributed by atoms with Crippen LogP contribution in [0.3, 0.4) is 0 Å². The first-order valence-electron chi connectivity index (χ1n) is 9.44. The third kappa shape index (κ3) is 6.54. The van der Waals surface area contributed by atoms with Crippen LogP contribution in [0.4, 0.5) is 4.79 Å². The van der Waals surface area contributed by atoms with Crippen LogP contribution >= 0.6 is 23.2 Å². The predicted molar refractivity (Wildman–Crippen MR) is 110 cm³/mol. The molecule has 8 heteroatoms. The Morgan fingerprint density at radius 2 is 1.93 bits per heavy atom. The Morgan fingerprint density at radius 3 is 2.54 bits per heavy atom. The first-order chi connectivity index (χ1) is 13.1. The Morgan fingerprint density at radius 1 is 1.21 bits per heavy atom. The van der Waals surface area contributed by atoms with E-state index in [1.807, 2.05) is 27.7 Å². The van der Waals surface area contributed by atoms with E-state index in [4.69, 9.17) is 32.7 Å². The van der Waals surface area contributed by atoms with Gasteiger partial charge in [-0.15, -0.1) is 0 Å². The third-order valence-electron chi connectivity index (χ3n) is 4.37. The molecular formula is C20H28Cl2N2O4. The minimum Gasteiger partial charge on any atom is -0.444 e. The molecule has 1 aromatic rings. The number of piperidine rings is 1. The van der Waals surface area contributed by atoms with Crippen molar-refractivity contribution in [3.63, 3.8) is 0 Å². The van der Waals surface area contributed by atoms with E-state index in [9.17, 15) is 9.59 Å². The van der Waals surface area contributed by atoms with Gasteiger partial charge in [-0.25, -0.2) is 4.79 Å². The van der Waals surface area contributed by atoms with Gasteiger partial charge in [0.2, 0.25) is 0 Å². The van der Waals surface area contributed by atoms with Gasteiger partial charge in [-0.1, -0.05) is 23.2 Å². The lowest BCUT2D eigenvalue weighted by Crippen LogP contribution is -2.56. The van der Waals surface area contributed by atoms with Crippen LogP contribution in [-0.4, -0.2) is 54.3 Å². The smallest absolute Gasteiger partial charge is 0.410 e. The van der Waals surface area contributed by atoms with Crippen molar-refractivity contribution in [1.29, 1.82) is 0 Å². The van der Waals surface area contributed by atoms with E-state index in [0.29, 0.717) is 41.8 Å². The molecule has 0 aromatic heterocycles. The molecular weight excluding hydrogens is 403 g/mol. The van der Waals surface area contributed by atoms with Crippen LogP contribution in [0.25, 0.3) is 0 Å². The van der Waals surface area contributed by atoms with Gasteiger partial charge < -0.3 is 19.7 Å². The largest absolute Gasteiger partial charge is 0.444 e. The number of carbonyl (C=O) groups excluding carboxylic acids is 2. The van der Waals surface area contributed by atoms with Gasteiger partial charge in [-0.05, 0) is 58.7 Å². The molecule has 156 valence electrons. The highest BCUT2D eigenvalue weighted by atomic mass is 35.5. The van der Waals surface area contributed by atoms with Gasteiger partial charge in [-0.3, -0.25) is 4.79 Å². The van der Waals surface area contributed by atoms with Gasteiger partial charge in [0.15, 0.2) is 0 Å².